The molecular weight excluding hydrogens is 689 g/mol. The van der Waals surface area contributed by atoms with Gasteiger partial charge in [0.05, 0.1) is 18.4 Å². The van der Waals surface area contributed by atoms with Crippen LogP contribution in [0.4, 0.5) is 0 Å². The standard InChI is InChI=1S/C46H46N4O5/c1-49-26-12-21-41(48-44(52)43(35-15-7-3-8-16-35)36-17-9-4-10-18-36)46(54)50-30-38(29-39(50)31-55-40-20-11-19-37(28-40)45(49)53)47-42(51)27-32-22-24-34(25-23-32)33-13-5-2-6-14-33/h2-11,13-20,22-25,28,38-39,41,43H,12,21,26-27,29-31H2,1H3,(H,47,51)(H,48,52)/t38-,39-,41-/m0/s1. The van der Waals surface area contributed by atoms with Gasteiger partial charge in [-0.2, -0.15) is 0 Å². The molecule has 9 heteroatoms. The zero-order valence-electron chi connectivity index (χ0n) is 31.0. The Morgan fingerprint density at radius 1 is 0.745 bits per heavy atom. The van der Waals surface area contributed by atoms with Crippen molar-refractivity contribution in [1.82, 2.24) is 20.4 Å². The van der Waals surface area contributed by atoms with Crippen LogP contribution in [0, 0.1) is 0 Å². The lowest BCUT2D eigenvalue weighted by Gasteiger charge is -2.31. The van der Waals surface area contributed by atoms with Crippen molar-refractivity contribution in [1.29, 1.82) is 0 Å². The number of nitrogens with zero attached hydrogens (tertiary/aromatic N) is 2. The largest absolute Gasteiger partial charge is 0.491 e. The quantitative estimate of drug-likeness (QED) is 0.196. The lowest BCUT2D eigenvalue weighted by Crippen LogP contribution is -2.52. The lowest BCUT2D eigenvalue weighted by atomic mass is 9.90. The van der Waals surface area contributed by atoms with Crippen molar-refractivity contribution < 1.29 is 23.9 Å². The molecule has 0 aromatic heterocycles. The molecule has 4 amide bonds. The molecule has 9 nitrogen and oxygen atoms in total. The summed E-state index contributed by atoms with van der Waals surface area (Å²) in [5.41, 5.74) is 5.22. The van der Waals surface area contributed by atoms with E-state index in [0.29, 0.717) is 37.1 Å². The van der Waals surface area contributed by atoms with Crippen LogP contribution < -0.4 is 15.4 Å². The maximum atomic E-state index is 14.7. The summed E-state index contributed by atoms with van der Waals surface area (Å²) in [6.07, 6.45) is 1.48. The van der Waals surface area contributed by atoms with Gasteiger partial charge in [0.25, 0.3) is 5.91 Å². The molecular formula is C46H46N4O5. The third-order valence-corrected chi connectivity index (χ3v) is 10.5. The van der Waals surface area contributed by atoms with E-state index in [-0.39, 0.29) is 55.3 Å². The fourth-order valence-corrected chi connectivity index (χ4v) is 7.62. The molecule has 0 radical (unpaired) electrons. The first-order valence-electron chi connectivity index (χ1n) is 18.9. The molecule has 55 heavy (non-hydrogen) atoms. The second kappa shape index (κ2) is 17.3. The van der Waals surface area contributed by atoms with Crippen LogP contribution in [-0.2, 0) is 20.8 Å². The minimum atomic E-state index is -0.869. The summed E-state index contributed by atoms with van der Waals surface area (Å²) in [5, 5.41) is 6.31. The van der Waals surface area contributed by atoms with Gasteiger partial charge in [0.2, 0.25) is 17.7 Å². The van der Waals surface area contributed by atoms with E-state index in [1.165, 1.54) is 0 Å². The Hall–Kier alpha value is -6.22. The normalized spacial score (nSPS) is 18.9. The first-order chi connectivity index (χ1) is 26.8. The zero-order valence-corrected chi connectivity index (χ0v) is 31.0. The number of hydrogen-bond donors (Lipinski definition) is 2. The number of rotatable bonds is 8. The number of nitrogens with one attached hydrogen (secondary N) is 2. The van der Waals surface area contributed by atoms with Crippen LogP contribution in [0.3, 0.4) is 0 Å². The molecule has 2 bridgehead atoms. The molecule has 280 valence electrons. The second-order valence-corrected chi connectivity index (χ2v) is 14.4. The number of benzene rings is 5. The van der Waals surface area contributed by atoms with Crippen LogP contribution in [0.15, 0.2) is 140 Å². The lowest BCUT2D eigenvalue weighted by molar-refractivity contribution is -0.138. The van der Waals surface area contributed by atoms with Crippen molar-refractivity contribution >= 4 is 23.6 Å². The Morgan fingerprint density at radius 3 is 2.04 bits per heavy atom. The first-order valence-corrected chi connectivity index (χ1v) is 18.9. The van der Waals surface area contributed by atoms with Crippen molar-refractivity contribution in [2.24, 2.45) is 0 Å². The molecule has 5 aromatic rings. The minimum Gasteiger partial charge on any atom is -0.491 e. The molecule has 7 rings (SSSR count). The molecule has 0 aliphatic carbocycles. The van der Waals surface area contributed by atoms with E-state index >= 15 is 0 Å². The van der Waals surface area contributed by atoms with Gasteiger partial charge in [-0.3, -0.25) is 19.2 Å². The number of hydrogen-bond acceptors (Lipinski definition) is 5. The van der Waals surface area contributed by atoms with Gasteiger partial charge < -0.3 is 25.2 Å². The van der Waals surface area contributed by atoms with Crippen molar-refractivity contribution in [3.05, 3.63) is 162 Å². The predicted molar refractivity (Wildman–Crippen MR) is 212 cm³/mol. The third-order valence-electron chi connectivity index (χ3n) is 10.5. The van der Waals surface area contributed by atoms with Crippen LogP contribution in [0.5, 0.6) is 5.75 Å². The zero-order chi connectivity index (χ0) is 38.1. The molecule has 3 atom stereocenters. The molecule has 0 saturated carbocycles. The smallest absolute Gasteiger partial charge is 0.253 e. The monoisotopic (exact) mass is 734 g/mol. The van der Waals surface area contributed by atoms with Gasteiger partial charge in [0.1, 0.15) is 18.4 Å². The molecule has 2 aliphatic heterocycles. The number of carbonyl (C=O) groups is 4. The highest BCUT2D eigenvalue weighted by molar-refractivity contribution is 5.95. The Labute approximate surface area is 322 Å². The van der Waals surface area contributed by atoms with E-state index in [2.05, 4.69) is 22.8 Å². The molecule has 2 aliphatic rings. The second-order valence-electron chi connectivity index (χ2n) is 14.4. The molecule has 0 unspecified atom stereocenters. The van der Waals surface area contributed by atoms with Gasteiger partial charge in [-0.15, -0.1) is 0 Å². The topological polar surface area (TPSA) is 108 Å². The molecule has 1 fully saturated rings. The van der Waals surface area contributed by atoms with Gasteiger partial charge in [-0.05, 0) is 65.3 Å². The molecule has 1 saturated heterocycles. The fraction of sp³-hybridized carbons (Fsp3) is 0.261. The Kier molecular flexibility index (Phi) is 11.7. The summed E-state index contributed by atoms with van der Waals surface area (Å²) in [5.74, 6) is -0.925. The van der Waals surface area contributed by atoms with Gasteiger partial charge in [-0.25, -0.2) is 0 Å². The van der Waals surface area contributed by atoms with Gasteiger partial charge in [-0.1, -0.05) is 121 Å². The number of ether oxygens (including phenoxy) is 1. The minimum absolute atomic E-state index is 0.134. The highest BCUT2D eigenvalue weighted by Crippen LogP contribution is 2.28. The SMILES string of the molecule is CN1CCC[C@H](NC(=O)C(c2ccccc2)c2ccccc2)C(=O)N2C[C@@H](NC(=O)Cc3ccc(-c4ccccc4)cc3)C[C@H]2COc2cccc(c2)C1=O. The Bertz CT molecular complexity index is 2050. The number of fused-ring (bicyclic) bond motifs is 3. The highest BCUT2D eigenvalue weighted by atomic mass is 16.5. The Balaban J connectivity index is 1.12. The third kappa shape index (κ3) is 9.12. The fourth-order valence-electron chi connectivity index (χ4n) is 7.62. The summed E-state index contributed by atoms with van der Waals surface area (Å²) >= 11 is 0. The molecule has 2 N–H and O–H groups in total. The average molecular weight is 735 g/mol. The summed E-state index contributed by atoms with van der Waals surface area (Å²) in [4.78, 5) is 59.1. The van der Waals surface area contributed by atoms with E-state index in [4.69, 9.17) is 4.74 Å². The maximum absolute atomic E-state index is 14.7. The van der Waals surface area contributed by atoms with Crippen molar-refractivity contribution in [2.45, 2.75) is 49.7 Å². The molecule has 2 heterocycles. The summed E-state index contributed by atoms with van der Waals surface area (Å²) in [7, 11) is 1.74. The number of amides is 4. The Morgan fingerprint density at radius 2 is 1.36 bits per heavy atom. The van der Waals surface area contributed by atoms with Crippen LogP contribution in [-0.4, -0.2) is 78.3 Å². The highest BCUT2D eigenvalue weighted by Gasteiger charge is 2.40. The van der Waals surface area contributed by atoms with Gasteiger partial charge in [0.15, 0.2) is 0 Å². The first kappa shape index (κ1) is 37.1. The summed E-state index contributed by atoms with van der Waals surface area (Å²) in [6.45, 7) is 0.819. The summed E-state index contributed by atoms with van der Waals surface area (Å²) < 4.78 is 6.24. The van der Waals surface area contributed by atoms with E-state index in [1.807, 2.05) is 103 Å². The van der Waals surface area contributed by atoms with E-state index < -0.39 is 12.0 Å². The van der Waals surface area contributed by atoms with Gasteiger partial charge in [0, 0.05) is 31.7 Å². The van der Waals surface area contributed by atoms with Crippen LogP contribution >= 0.6 is 0 Å². The van der Waals surface area contributed by atoms with Crippen molar-refractivity contribution in [2.75, 3.05) is 26.7 Å². The summed E-state index contributed by atoms with van der Waals surface area (Å²) in [6, 6.07) is 42.7. The van der Waals surface area contributed by atoms with Crippen molar-refractivity contribution in [3.63, 3.8) is 0 Å². The average Bonchev–Trinajstić information content (AvgIpc) is 3.62. The van der Waals surface area contributed by atoms with E-state index in [9.17, 15) is 19.2 Å². The van der Waals surface area contributed by atoms with Crippen LogP contribution in [0.25, 0.3) is 11.1 Å². The molecule has 0 spiro atoms. The predicted octanol–water partition coefficient (Wildman–Crippen LogP) is 6.24. The molecule has 5 aromatic carbocycles. The van der Waals surface area contributed by atoms with Crippen LogP contribution in [0.2, 0.25) is 0 Å². The van der Waals surface area contributed by atoms with E-state index in [1.54, 1.807) is 41.1 Å². The van der Waals surface area contributed by atoms with Crippen molar-refractivity contribution in [3.8, 4) is 16.9 Å². The van der Waals surface area contributed by atoms with Gasteiger partial charge >= 0.3 is 0 Å². The van der Waals surface area contributed by atoms with Crippen LogP contribution in [0.1, 0.15) is 52.2 Å². The van der Waals surface area contributed by atoms with E-state index in [0.717, 1.165) is 27.8 Å². The number of carbonyl (C=O) groups excluding carboxylic acids is 4. The maximum Gasteiger partial charge on any atom is 0.253 e.